The summed E-state index contributed by atoms with van der Waals surface area (Å²) in [6.07, 6.45) is -1.13. The van der Waals surface area contributed by atoms with Gasteiger partial charge in [-0.1, -0.05) is 0 Å². The van der Waals surface area contributed by atoms with E-state index < -0.39 is 18.0 Å². The van der Waals surface area contributed by atoms with E-state index in [0.29, 0.717) is 0 Å². The second-order valence-corrected chi connectivity index (χ2v) is 1.87. The lowest BCUT2D eigenvalue weighted by atomic mass is 10.4. The van der Waals surface area contributed by atoms with Crippen LogP contribution in [0.4, 0.5) is 4.79 Å². The molecular weight excluding hydrogens is 150 g/mol. The van der Waals surface area contributed by atoms with Crippen LogP contribution in [-0.4, -0.2) is 30.2 Å². The van der Waals surface area contributed by atoms with Gasteiger partial charge in [-0.2, -0.15) is 0 Å². The van der Waals surface area contributed by atoms with E-state index >= 15 is 0 Å². The summed E-state index contributed by atoms with van der Waals surface area (Å²) in [5.74, 6) is -0.659. The number of aliphatic hydroxyl groups excluding tert-OH is 1. The van der Waals surface area contributed by atoms with Crippen LogP contribution in [0.25, 0.3) is 0 Å². The molecule has 0 aromatic carbocycles. The van der Waals surface area contributed by atoms with Gasteiger partial charge in [0.1, 0.15) is 6.10 Å². The molecule has 0 aliphatic carbocycles. The third-order valence-electron chi connectivity index (χ3n) is 0.906. The van der Waals surface area contributed by atoms with Crippen LogP contribution in [0.2, 0.25) is 0 Å². The van der Waals surface area contributed by atoms with Gasteiger partial charge in [0.25, 0.3) is 5.91 Å². The molecule has 3 amide bonds. The van der Waals surface area contributed by atoms with Gasteiger partial charge in [0.05, 0.1) is 0 Å². The number of aliphatic hydroxyl groups is 1. The highest BCUT2D eigenvalue weighted by atomic mass is 16.3. The summed E-state index contributed by atoms with van der Waals surface area (Å²) >= 11 is 0. The number of rotatable bonds is 1. The van der Waals surface area contributed by atoms with Gasteiger partial charge in [-0.15, -0.1) is 0 Å². The summed E-state index contributed by atoms with van der Waals surface area (Å²) < 4.78 is 0. The second-order valence-electron chi connectivity index (χ2n) is 1.87. The highest BCUT2D eigenvalue weighted by Gasteiger charge is 2.07. The van der Waals surface area contributed by atoms with E-state index in [0.717, 1.165) is 0 Å². The van der Waals surface area contributed by atoms with Gasteiger partial charge in [0.15, 0.2) is 0 Å². The molecule has 0 aromatic rings. The van der Waals surface area contributed by atoms with Crippen molar-refractivity contribution in [2.75, 3.05) is 7.05 Å². The van der Waals surface area contributed by atoms with E-state index in [-0.39, 0.29) is 0 Å². The van der Waals surface area contributed by atoms with Crippen molar-refractivity contribution in [3.63, 3.8) is 0 Å². The third kappa shape index (κ3) is 4.15. The largest absolute Gasteiger partial charge is 0.383 e. The molecule has 0 bridgehead atoms. The number of amides is 3. The van der Waals surface area contributed by atoms with Crippen LogP contribution in [-0.2, 0) is 4.79 Å². The smallest absolute Gasteiger partial charge is 0.333 e. The van der Waals surface area contributed by atoms with E-state index in [9.17, 15) is 9.59 Å². The van der Waals surface area contributed by atoms with E-state index in [1.807, 2.05) is 10.9 Å². The molecule has 0 aromatic heterocycles. The number of nitrogens with one attached hydrogen (secondary N) is 3. The summed E-state index contributed by atoms with van der Waals surface area (Å²) in [4.78, 5) is 21.0. The highest BCUT2D eigenvalue weighted by molar-refractivity contribution is 5.83. The zero-order valence-electron chi connectivity index (χ0n) is 6.34. The first-order valence-corrected chi connectivity index (χ1v) is 3.03. The second kappa shape index (κ2) is 4.51. The topological polar surface area (TPSA) is 90.5 Å². The summed E-state index contributed by atoms with van der Waals surface area (Å²) in [7, 11) is 1.41. The fourth-order valence-electron chi connectivity index (χ4n) is 0.285. The molecule has 0 saturated heterocycles. The molecule has 64 valence electrons. The van der Waals surface area contributed by atoms with Gasteiger partial charge in [-0.3, -0.25) is 10.2 Å². The summed E-state index contributed by atoms with van der Waals surface area (Å²) in [6, 6.07) is -0.543. The lowest BCUT2D eigenvalue weighted by Gasteiger charge is -2.07. The first kappa shape index (κ1) is 9.70. The first-order chi connectivity index (χ1) is 5.07. The predicted octanol–water partition coefficient (Wildman–Crippen LogP) is -1.67. The monoisotopic (exact) mass is 161 g/mol. The molecule has 6 heteroatoms. The van der Waals surface area contributed by atoms with Crippen molar-refractivity contribution in [3.8, 4) is 0 Å². The molecule has 0 heterocycles. The first-order valence-electron chi connectivity index (χ1n) is 3.03. The molecule has 0 fully saturated rings. The van der Waals surface area contributed by atoms with Crippen molar-refractivity contribution < 1.29 is 14.7 Å². The minimum Gasteiger partial charge on any atom is -0.383 e. The van der Waals surface area contributed by atoms with E-state index in [1.165, 1.54) is 14.0 Å². The molecule has 0 saturated carbocycles. The molecular formula is C5H11N3O3. The Morgan fingerprint density at radius 3 is 2.27 bits per heavy atom. The van der Waals surface area contributed by atoms with Crippen molar-refractivity contribution in [1.82, 2.24) is 16.2 Å². The van der Waals surface area contributed by atoms with Crippen molar-refractivity contribution in [2.24, 2.45) is 0 Å². The Labute approximate surface area is 63.9 Å². The summed E-state index contributed by atoms with van der Waals surface area (Å²) in [5, 5.41) is 10.8. The average molecular weight is 161 g/mol. The normalized spacial score (nSPS) is 11.5. The standard InChI is InChI=1S/C5H11N3O3/c1-3(9)4(10)7-8-5(11)6-2/h3,9H,1-2H3,(H,7,10)(H2,6,8,11). The molecule has 1 unspecified atom stereocenters. The molecule has 6 nitrogen and oxygen atoms in total. The molecule has 0 spiro atoms. The molecule has 11 heavy (non-hydrogen) atoms. The number of carbonyl (C=O) groups is 2. The zero-order valence-corrected chi connectivity index (χ0v) is 6.34. The van der Waals surface area contributed by atoms with Crippen LogP contribution in [0.1, 0.15) is 6.92 Å². The van der Waals surface area contributed by atoms with Crippen molar-refractivity contribution in [2.45, 2.75) is 13.0 Å². The summed E-state index contributed by atoms with van der Waals surface area (Å²) in [5.41, 5.74) is 3.99. The van der Waals surface area contributed by atoms with Crippen LogP contribution in [0, 0.1) is 0 Å². The Bertz CT molecular complexity index is 157. The van der Waals surface area contributed by atoms with E-state index in [2.05, 4.69) is 5.32 Å². The zero-order chi connectivity index (χ0) is 8.85. The fourth-order valence-corrected chi connectivity index (χ4v) is 0.285. The molecule has 0 radical (unpaired) electrons. The maximum atomic E-state index is 10.6. The average Bonchev–Trinajstić information content (AvgIpc) is 1.99. The fraction of sp³-hybridized carbons (Fsp3) is 0.600. The van der Waals surface area contributed by atoms with Gasteiger partial charge in [0, 0.05) is 7.05 Å². The number of carbonyl (C=O) groups excluding carboxylic acids is 2. The van der Waals surface area contributed by atoms with E-state index in [1.54, 1.807) is 0 Å². The maximum Gasteiger partial charge on any atom is 0.333 e. The van der Waals surface area contributed by atoms with Gasteiger partial charge < -0.3 is 10.4 Å². The molecule has 0 rings (SSSR count). The maximum absolute atomic E-state index is 10.6. The minimum atomic E-state index is -1.13. The van der Waals surface area contributed by atoms with Crippen molar-refractivity contribution in [3.05, 3.63) is 0 Å². The van der Waals surface area contributed by atoms with Gasteiger partial charge in [-0.25, -0.2) is 10.2 Å². The van der Waals surface area contributed by atoms with Crippen LogP contribution >= 0.6 is 0 Å². The number of hydrazine groups is 1. The Morgan fingerprint density at radius 2 is 1.91 bits per heavy atom. The van der Waals surface area contributed by atoms with Gasteiger partial charge >= 0.3 is 6.03 Å². The lowest BCUT2D eigenvalue weighted by molar-refractivity contribution is -0.129. The Balaban J connectivity index is 3.54. The SMILES string of the molecule is CNC(=O)NNC(=O)C(C)O. The third-order valence-corrected chi connectivity index (χ3v) is 0.906. The molecule has 0 aliphatic heterocycles. The Morgan fingerprint density at radius 1 is 1.36 bits per heavy atom. The molecule has 0 aliphatic rings. The number of urea groups is 1. The van der Waals surface area contributed by atoms with E-state index in [4.69, 9.17) is 5.11 Å². The minimum absolute atomic E-state index is 0.543. The highest BCUT2D eigenvalue weighted by Crippen LogP contribution is 1.75. The lowest BCUT2D eigenvalue weighted by Crippen LogP contribution is -2.48. The molecule has 1 atom stereocenters. The van der Waals surface area contributed by atoms with Crippen LogP contribution < -0.4 is 16.2 Å². The summed E-state index contributed by atoms with van der Waals surface area (Å²) in [6.45, 7) is 1.29. The Hall–Kier alpha value is -1.30. The van der Waals surface area contributed by atoms with Crippen molar-refractivity contribution in [1.29, 1.82) is 0 Å². The van der Waals surface area contributed by atoms with Gasteiger partial charge in [0.2, 0.25) is 0 Å². The Kier molecular flexibility index (Phi) is 3.97. The number of hydrogen-bond donors (Lipinski definition) is 4. The van der Waals surface area contributed by atoms with Crippen LogP contribution in [0.3, 0.4) is 0 Å². The molecule has 4 N–H and O–H groups in total. The number of hydrogen-bond acceptors (Lipinski definition) is 3. The quantitative estimate of drug-likeness (QED) is 0.346. The van der Waals surface area contributed by atoms with Crippen LogP contribution in [0.5, 0.6) is 0 Å². The van der Waals surface area contributed by atoms with Crippen LogP contribution in [0.15, 0.2) is 0 Å². The predicted molar refractivity (Wildman–Crippen MR) is 37.4 cm³/mol. The van der Waals surface area contributed by atoms with Gasteiger partial charge in [-0.05, 0) is 6.92 Å². The van der Waals surface area contributed by atoms with Crippen molar-refractivity contribution >= 4 is 11.9 Å².